The first-order chi connectivity index (χ1) is 9.24. The molecule has 2 aromatic rings. The highest BCUT2D eigenvalue weighted by molar-refractivity contribution is 5.53. The van der Waals surface area contributed by atoms with E-state index in [1.807, 2.05) is 29.0 Å². The van der Waals surface area contributed by atoms with Crippen LogP contribution in [0.2, 0.25) is 0 Å². The largest absolute Gasteiger partial charge is 0.396 e. The Morgan fingerprint density at radius 2 is 2.11 bits per heavy atom. The van der Waals surface area contributed by atoms with Crippen LogP contribution in [-0.2, 0) is 6.54 Å². The SMILES string of the molecule is CCC(CC)(CO)CNCc1cnn2ccccc12. The Balaban J connectivity index is 1.99. The fourth-order valence-electron chi connectivity index (χ4n) is 2.37. The summed E-state index contributed by atoms with van der Waals surface area (Å²) in [6.07, 6.45) is 5.83. The minimum Gasteiger partial charge on any atom is -0.396 e. The average molecular weight is 261 g/mol. The summed E-state index contributed by atoms with van der Waals surface area (Å²) < 4.78 is 1.88. The summed E-state index contributed by atoms with van der Waals surface area (Å²) in [5.74, 6) is 0. The van der Waals surface area contributed by atoms with Gasteiger partial charge in [0.1, 0.15) is 0 Å². The van der Waals surface area contributed by atoms with Crippen LogP contribution in [0, 0.1) is 5.41 Å². The minimum absolute atomic E-state index is 0.00294. The van der Waals surface area contributed by atoms with E-state index in [9.17, 15) is 5.11 Å². The number of nitrogens with one attached hydrogen (secondary N) is 1. The van der Waals surface area contributed by atoms with Crippen LogP contribution in [0.25, 0.3) is 5.52 Å². The number of nitrogens with zero attached hydrogens (tertiary/aromatic N) is 2. The molecule has 0 bridgehead atoms. The van der Waals surface area contributed by atoms with Gasteiger partial charge in [0.2, 0.25) is 0 Å². The van der Waals surface area contributed by atoms with Crippen LogP contribution < -0.4 is 5.32 Å². The van der Waals surface area contributed by atoms with Gasteiger partial charge in [0.05, 0.1) is 11.7 Å². The summed E-state index contributed by atoms with van der Waals surface area (Å²) in [6.45, 7) is 6.13. The maximum absolute atomic E-state index is 9.55. The third-order valence-corrected chi connectivity index (χ3v) is 4.16. The molecule has 2 aromatic heterocycles. The number of aromatic nitrogens is 2. The summed E-state index contributed by atoms with van der Waals surface area (Å²) in [7, 11) is 0. The Morgan fingerprint density at radius 3 is 2.79 bits per heavy atom. The van der Waals surface area contributed by atoms with E-state index in [1.54, 1.807) is 0 Å². The fourth-order valence-corrected chi connectivity index (χ4v) is 2.37. The molecule has 0 fully saturated rings. The van der Waals surface area contributed by atoms with E-state index in [0.717, 1.165) is 31.4 Å². The van der Waals surface area contributed by atoms with Gasteiger partial charge < -0.3 is 10.4 Å². The van der Waals surface area contributed by atoms with Gasteiger partial charge >= 0.3 is 0 Å². The highest BCUT2D eigenvalue weighted by atomic mass is 16.3. The summed E-state index contributed by atoms with van der Waals surface area (Å²) in [4.78, 5) is 0. The first kappa shape index (κ1) is 14.0. The molecule has 0 aliphatic carbocycles. The quantitative estimate of drug-likeness (QED) is 0.803. The maximum atomic E-state index is 9.55. The Labute approximate surface area is 114 Å². The fraction of sp³-hybridized carbons (Fsp3) is 0.533. The first-order valence-corrected chi connectivity index (χ1v) is 6.97. The van der Waals surface area contributed by atoms with Crippen LogP contribution >= 0.6 is 0 Å². The summed E-state index contributed by atoms with van der Waals surface area (Å²) in [5.41, 5.74) is 2.33. The predicted molar refractivity (Wildman–Crippen MR) is 77.0 cm³/mol. The summed E-state index contributed by atoms with van der Waals surface area (Å²) in [6, 6.07) is 6.07. The third-order valence-electron chi connectivity index (χ3n) is 4.16. The van der Waals surface area contributed by atoms with Crippen molar-refractivity contribution in [3.63, 3.8) is 0 Å². The van der Waals surface area contributed by atoms with Crippen molar-refractivity contribution in [2.75, 3.05) is 13.2 Å². The van der Waals surface area contributed by atoms with E-state index in [0.29, 0.717) is 0 Å². The van der Waals surface area contributed by atoms with E-state index in [2.05, 4.69) is 30.3 Å². The molecule has 0 unspecified atom stereocenters. The zero-order chi connectivity index (χ0) is 13.7. The van der Waals surface area contributed by atoms with Gasteiger partial charge in [0, 0.05) is 36.9 Å². The molecule has 0 atom stereocenters. The van der Waals surface area contributed by atoms with Crippen molar-refractivity contribution >= 4 is 5.52 Å². The van der Waals surface area contributed by atoms with Gasteiger partial charge in [-0.3, -0.25) is 0 Å². The molecule has 2 rings (SSSR count). The second kappa shape index (κ2) is 6.17. The molecule has 2 heterocycles. The van der Waals surface area contributed by atoms with Crippen molar-refractivity contribution < 1.29 is 5.11 Å². The molecule has 0 aromatic carbocycles. The Hall–Kier alpha value is -1.39. The highest BCUT2D eigenvalue weighted by Crippen LogP contribution is 2.24. The average Bonchev–Trinajstić information content (AvgIpc) is 2.88. The van der Waals surface area contributed by atoms with Gasteiger partial charge in [-0.1, -0.05) is 19.9 Å². The van der Waals surface area contributed by atoms with Crippen LogP contribution in [0.3, 0.4) is 0 Å². The second-order valence-electron chi connectivity index (χ2n) is 5.17. The number of aliphatic hydroxyl groups excluding tert-OH is 1. The van der Waals surface area contributed by atoms with Crippen molar-refractivity contribution in [1.82, 2.24) is 14.9 Å². The molecule has 2 N–H and O–H groups in total. The molecule has 0 aliphatic rings. The van der Waals surface area contributed by atoms with Crippen molar-refractivity contribution in [1.29, 1.82) is 0 Å². The number of pyridine rings is 1. The lowest BCUT2D eigenvalue weighted by Gasteiger charge is -2.29. The summed E-state index contributed by atoms with van der Waals surface area (Å²) >= 11 is 0. The first-order valence-electron chi connectivity index (χ1n) is 6.97. The van der Waals surface area contributed by atoms with Gasteiger partial charge in [0.25, 0.3) is 0 Å². The van der Waals surface area contributed by atoms with Crippen LogP contribution in [-0.4, -0.2) is 27.9 Å². The monoisotopic (exact) mass is 261 g/mol. The number of hydrogen-bond acceptors (Lipinski definition) is 3. The van der Waals surface area contributed by atoms with Crippen LogP contribution in [0.15, 0.2) is 30.6 Å². The lowest BCUT2D eigenvalue weighted by molar-refractivity contribution is 0.113. The van der Waals surface area contributed by atoms with Crippen molar-refractivity contribution in [2.24, 2.45) is 5.41 Å². The van der Waals surface area contributed by atoms with E-state index in [4.69, 9.17) is 0 Å². The molecule has 0 spiro atoms. The van der Waals surface area contributed by atoms with Gasteiger partial charge in [-0.2, -0.15) is 5.10 Å². The van der Waals surface area contributed by atoms with Crippen LogP contribution in [0.4, 0.5) is 0 Å². The third kappa shape index (κ3) is 2.96. The lowest BCUT2D eigenvalue weighted by atomic mass is 9.83. The lowest BCUT2D eigenvalue weighted by Crippen LogP contribution is -2.36. The number of hydrogen-bond donors (Lipinski definition) is 2. The molecule has 0 amide bonds. The standard InChI is InChI=1S/C15H23N3O/c1-3-15(4-2,12-19)11-16-9-13-10-17-18-8-6-5-7-14(13)18/h5-8,10,16,19H,3-4,9,11-12H2,1-2H3. The molecule has 0 saturated carbocycles. The molecule has 4 nitrogen and oxygen atoms in total. The molecular formula is C15H23N3O. The van der Waals surface area contributed by atoms with E-state index in [-0.39, 0.29) is 12.0 Å². The summed E-state index contributed by atoms with van der Waals surface area (Å²) in [5, 5.41) is 17.3. The predicted octanol–water partition coefficient (Wildman–Crippen LogP) is 2.22. The van der Waals surface area contributed by atoms with Gasteiger partial charge in [-0.05, 0) is 25.0 Å². The highest BCUT2D eigenvalue weighted by Gasteiger charge is 2.24. The van der Waals surface area contributed by atoms with E-state index >= 15 is 0 Å². The number of aliphatic hydroxyl groups is 1. The maximum Gasteiger partial charge on any atom is 0.0706 e. The Kier molecular flexibility index (Phi) is 4.56. The van der Waals surface area contributed by atoms with Crippen LogP contribution in [0.5, 0.6) is 0 Å². The van der Waals surface area contributed by atoms with Crippen molar-refractivity contribution in [3.05, 3.63) is 36.2 Å². The van der Waals surface area contributed by atoms with Crippen molar-refractivity contribution in [3.8, 4) is 0 Å². The molecule has 104 valence electrons. The smallest absolute Gasteiger partial charge is 0.0706 e. The zero-order valence-corrected chi connectivity index (χ0v) is 11.8. The second-order valence-corrected chi connectivity index (χ2v) is 5.17. The number of fused-ring (bicyclic) bond motifs is 1. The number of rotatable bonds is 7. The molecule has 0 saturated heterocycles. The van der Waals surface area contributed by atoms with Gasteiger partial charge in [-0.15, -0.1) is 0 Å². The molecule has 0 radical (unpaired) electrons. The Bertz CT molecular complexity index is 509. The molecular weight excluding hydrogens is 238 g/mol. The Morgan fingerprint density at radius 1 is 1.32 bits per heavy atom. The minimum atomic E-state index is 0.00294. The zero-order valence-electron chi connectivity index (χ0n) is 11.8. The van der Waals surface area contributed by atoms with Gasteiger partial charge in [-0.25, -0.2) is 4.52 Å². The molecule has 4 heteroatoms. The van der Waals surface area contributed by atoms with Crippen molar-refractivity contribution in [2.45, 2.75) is 33.2 Å². The van der Waals surface area contributed by atoms with Gasteiger partial charge in [0.15, 0.2) is 0 Å². The van der Waals surface area contributed by atoms with Crippen LogP contribution in [0.1, 0.15) is 32.3 Å². The molecule has 19 heavy (non-hydrogen) atoms. The van der Waals surface area contributed by atoms with E-state index in [1.165, 1.54) is 5.56 Å². The topological polar surface area (TPSA) is 49.6 Å². The van der Waals surface area contributed by atoms with E-state index < -0.39 is 0 Å². The normalized spacial score (nSPS) is 12.2. The molecule has 0 aliphatic heterocycles.